The molecule has 1 aromatic heterocycles. The topological polar surface area (TPSA) is 86.6 Å². The molecule has 126 valence electrons. The van der Waals surface area contributed by atoms with E-state index < -0.39 is 5.97 Å². The molecule has 24 heavy (non-hydrogen) atoms. The quantitative estimate of drug-likeness (QED) is 0.797. The maximum atomic E-state index is 12.1. The molecule has 0 aliphatic heterocycles. The first-order valence-corrected chi connectivity index (χ1v) is 7.22. The summed E-state index contributed by atoms with van der Waals surface area (Å²) in [6.45, 7) is 0.0765. The van der Waals surface area contributed by atoms with Gasteiger partial charge < -0.3 is 19.4 Å². The van der Waals surface area contributed by atoms with Crippen LogP contribution >= 0.6 is 0 Å². The Morgan fingerprint density at radius 3 is 2.58 bits per heavy atom. The summed E-state index contributed by atoms with van der Waals surface area (Å²) in [4.78, 5) is 35.4. The van der Waals surface area contributed by atoms with Crippen LogP contribution in [-0.4, -0.2) is 30.7 Å². The van der Waals surface area contributed by atoms with Crippen molar-refractivity contribution in [2.75, 3.05) is 14.2 Å². The van der Waals surface area contributed by atoms with Crippen LogP contribution in [0.4, 0.5) is 0 Å². The number of nitrogens with zero attached hydrogens (tertiary/aromatic N) is 1. The van der Waals surface area contributed by atoms with E-state index in [1.807, 2.05) is 18.2 Å². The second-order valence-electron chi connectivity index (χ2n) is 4.96. The van der Waals surface area contributed by atoms with Gasteiger partial charge in [-0.25, -0.2) is 4.79 Å². The third kappa shape index (κ3) is 4.22. The van der Waals surface area contributed by atoms with Crippen molar-refractivity contribution in [2.24, 2.45) is 0 Å². The number of hydrogen-bond acceptors (Lipinski definition) is 5. The number of pyridine rings is 1. The predicted octanol–water partition coefficient (Wildman–Crippen LogP) is 0.960. The average Bonchev–Trinajstić information content (AvgIpc) is 2.61. The predicted molar refractivity (Wildman–Crippen MR) is 86.9 cm³/mol. The molecule has 2 aromatic rings. The molecule has 0 bridgehead atoms. The number of esters is 1. The van der Waals surface area contributed by atoms with Crippen molar-refractivity contribution in [3.63, 3.8) is 0 Å². The molecule has 0 aliphatic rings. The van der Waals surface area contributed by atoms with Crippen molar-refractivity contribution < 1.29 is 19.1 Å². The monoisotopic (exact) mass is 330 g/mol. The minimum Gasteiger partial charge on any atom is -0.496 e. The van der Waals surface area contributed by atoms with Crippen LogP contribution in [0.15, 0.2) is 47.4 Å². The Balaban J connectivity index is 2.04. The third-order valence-electron chi connectivity index (χ3n) is 3.39. The molecule has 1 aromatic carbocycles. The number of hydrogen-bond donors (Lipinski definition) is 1. The number of para-hydroxylation sites is 1. The Morgan fingerprint density at radius 2 is 1.88 bits per heavy atom. The van der Waals surface area contributed by atoms with E-state index in [1.54, 1.807) is 13.2 Å². The van der Waals surface area contributed by atoms with Gasteiger partial charge in [-0.1, -0.05) is 18.2 Å². The number of benzene rings is 1. The molecule has 0 saturated carbocycles. The summed E-state index contributed by atoms with van der Waals surface area (Å²) < 4.78 is 11.0. The highest BCUT2D eigenvalue weighted by Gasteiger charge is 2.10. The number of methoxy groups -OCH3 is 2. The minimum atomic E-state index is -0.571. The van der Waals surface area contributed by atoms with Crippen LogP contribution in [0.1, 0.15) is 15.9 Å². The molecule has 0 fully saturated rings. The Morgan fingerprint density at radius 1 is 1.12 bits per heavy atom. The van der Waals surface area contributed by atoms with Gasteiger partial charge in [0.1, 0.15) is 12.3 Å². The summed E-state index contributed by atoms with van der Waals surface area (Å²) in [6, 6.07) is 9.89. The van der Waals surface area contributed by atoms with Crippen molar-refractivity contribution in [1.82, 2.24) is 9.88 Å². The number of carbonyl (C=O) groups excluding carboxylic acids is 2. The largest absolute Gasteiger partial charge is 0.496 e. The number of carbonyl (C=O) groups is 2. The van der Waals surface area contributed by atoms with E-state index in [4.69, 9.17) is 4.74 Å². The normalized spacial score (nSPS) is 10.1. The number of rotatable bonds is 6. The zero-order chi connectivity index (χ0) is 17.5. The van der Waals surface area contributed by atoms with Gasteiger partial charge in [0.05, 0.1) is 19.8 Å². The fourth-order valence-corrected chi connectivity index (χ4v) is 2.15. The summed E-state index contributed by atoms with van der Waals surface area (Å²) in [7, 11) is 2.80. The lowest BCUT2D eigenvalue weighted by Crippen LogP contribution is -2.32. The third-order valence-corrected chi connectivity index (χ3v) is 3.39. The summed E-state index contributed by atoms with van der Waals surface area (Å²) in [5.74, 6) is -0.258. The molecule has 0 saturated heterocycles. The van der Waals surface area contributed by atoms with E-state index in [1.165, 1.54) is 25.4 Å². The molecular formula is C17H18N2O5. The molecule has 1 heterocycles. The van der Waals surface area contributed by atoms with Crippen molar-refractivity contribution in [2.45, 2.75) is 13.1 Å². The Kier molecular flexibility index (Phi) is 5.73. The summed E-state index contributed by atoms with van der Waals surface area (Å²) in [6.07, 6.45) is 1.30. The van der Waals surface area contributed by atoms with E-state index in [-0.39, 0.29) is 30.1 Å². The van der Waals surface area contributed by atoms with Gasteiger partial charge in [0.25, 0.3) is 5.56 Å². The highest BCUT2D eigenvalue weighted by molar-refractivity contribution is 5.89. The van der Waals surface area contributed by atoms with Crippen molar-refractivity contribution >= 4 is 11.9 Å². The van der Waals surface area contributed by atoms with Gasteiger partial charge in [-0.05, 0) is 12.1 Å². The van der Waals surface area contributed by atoms with Crippen molar-refractivity contribution in [1.29, 1.82) is 0 Å². The van der Waals surface area contributed by atoms with Crippen molar-refractivity contribution in [3.05, 3.63) is 64.1 Å². The van der Waals surface area contributed by atoms with E-state index in [2.05, 4.69) is 10.1 Å². The van der Waals surface area contributed by atoms with E-state index in [9.17, 15) is 14.4 Å². The zero-order valence-electron chi connectivity index (χ0n) is 13.4. The number of ether oxygens (including phenoxy) is 2. The van der Waals surface area contributed by atoms with Crippen molar-refractivity contribution in [3.8, 4) is 5.75 Å². The first-order valence-electron chi connectivity index (χ1n) is 7.22. The molecule has 0 aliphatic carbocycles. The lowest BCUT2D eigenvalue weighted by atomic mass is 10.2. The number of nitrogens with one attached hydrogen (secondary N) is 1. The van der Waals surface area contributed by atoms with Crippen LogP contribution in [0, 0.1) is 0 Å². The van der Waals surface area contributed by atoms with Crippen LogP contribution in [-0.2, 0) is 22.6 Å². The SMILES string of the molecule is COC(=O)c1ccc(=O)n(CC(=O)NCc2ccccc2OC)c1. The average molecular weight is 330 g/mol. The molecule has 0 unspecified atom stereocenters. The molecule has 2 rings (SSSR count). The van der Waals surface area contributed by atoms with E-state index in [0.717, 1.165) is 10.1 Å². The van der Waals surface area contributed by atoms with Crippen LogP contribution in [0.25, 0.3) is 0 Å². The molecule has 0 radical (unpaired) electrons. The van der Waals surface area contributed by atoms with Gasteiger partial charge in [-0.2, -0.15) is 0 Å². The standard InChI is InChI=1S/C17H18N2O5/c1-23-14-6-4-3-5-12(14)9-18-15(20)11-19-10-13(17(22)24-2)7-8-16(19)21/h3-8,10H,9,11H2,1-2H3,(H,18,20). The Hall–Kier alpha value is -3.09. The van der Waals surface area contributed by atoms with Gasteiger partial charge in [-0.15, -0.1) is 0 Å². The zero-order valence-corrected chi connectivity index (χ0v) is 13.4. The maximum absolute atomic E-state index is 12.1. The molecule has 0 atom stereocenters. The lowest BCUT2D eigenvalue weighted by molar-refractivity contribution is -0.121. The molecule has 7 nitrogen and oxygen atoms in total. The van der Waals surface area contributed by atoms with Crippen LogP contribution in [0.5, 0.6) is 5.75 Å². The second kappa shape index (κ2) is 7.96. The smallest absolute Gasteiger partial charge is 0.339 e. The van der Waals surface area contributed by atoms with Gasteiger partial charge in [0, 0.05) is 24.4 Å². The number of amides is 1. The fourth-order valence-electron chi connectivity index (χ4n) is 2.15. The fraction of sp³-hybridized carbons (Fsp3) is 0.235. The summed E-state index contributed by atoms with van der Waals surface area (Å²) in [5.41, 5.74) is 0.647. The van der Waals surface area contributed by atoms with Gasteiger partial charge in [0.2, 0.25) is 5.91 Å². The molecule has 7 heteroatoms. The van der Waals surface area contributed by atoms with Gasteiger partial charge in [-0.3, -0.25) is 9.59 Å². The maximum Gasteiger partial charge on any atom is 0.339 e. The lowest BCUT2D eigenvalue weighted by Gasteiger charge is -2.11. The highest BCUT2D eigenvalue weighted by atomic mass is 16.5. The highest BCUT2D eigenvalue weighted by Crippen LogP contribution is 2.16. The Bertz CT molecular complexity index is 798. The van der Waals surface area contributed by atoms with Crippen LogP contribution in [0.2, 0.25) is 0 Å². The molecular weight excluding hydrogens is 312 g/mol. The first kappa shape index (κ1) is 17.3. The second-order valence-corrected chi connectivity index (χ2v) is 4.96. The first-order chi connectivity index (χ1) is 11.5. The van der Waals surface area contributed by atoms with Gasteiger partial charge >= 0.3 is 5.97 Å². The van der Waals surface area contributed by atoms with E-state index >= 15 is 0 Å². The van der Waals surface area contributed by atoms with Crippen LogP contribution < -0.4 is 15.6 Å². The van der Waals surface area contributed by atoms with Crippen LogP contribution in [0.3, 0.4) is 0 Å². The molecule has 0 spiro atoms. The van der Waals surface area contributed by atoms with Gasteiger partial charge in [0.15, 0.2) is 0 Å². The summed E-state index contributed by atoms with van der Waals surface area (Å²) >= 11 is 0. The number of aromatic nitrogens is 1. The molecule has 1 N–H and O–H groups in total. The minimum absolute atomic E-state index is 0.196. The Labute approximate surface area is 138 Å². The molecule has 1 amide bonds. The summed E-state index contributed by atoms with van der Waals surface area (Å²) in [5, 5.41) is 2.72. The van der Waals surface area contributed by atoms with E-state index in [0.29, 0.717) is 5.75 Å².